The maximum atomic E-state index is 10.9. The molecule has 1 atom stereocenters. The van der Waals surface area contributed by atoms with Gasteiger partial charge in [-0.05, 0) is 24.6 Å². The van der Waals surface area contributed by atoms with E-state index in [2.05, 4.69) is 36.2 Å². The zero-order valence-electron chi connectivity index (χ0n) is 19.8. The van der Waals surface area contributed by atoms with Crippen molar-refractivity contribution in [3.8, 4) is 17.2 Å². The van der Waals surface area contributed by atoms with Crippen LogP contribution in [0.15, 0.2) is 67.3 Å². The number of benzene rings is 1. The molecule has 0 spiro atoms. The Hall–Kier alpha value is -4.88. The van der Waals surface area contributed by atoms with Gasteiger partial charge in [-0.15, -0.1) is 0 Å². The molecular weight excluding hydrogens is 468 g/mol. The van der Waals surface area contributed by atoms with E-state index in [1.807, 2.05) is 36.5 Å². The number of nitriles is 1. The summed E-state index contributed by atoms with van der Waals surface area (Å²) in [5, 5.41) is 26.2. The number of nitrogens with one attached hydrogen (secondary N) is 2. The highest BCUT2D eigenvalue weighted by atomic mass is 16.6. The van der Waals surface area contributed by atoms with Gasteiger partial charge in [0.2, 0.25) is 0 Å². The second-order valence-corrected chi connectivity index (χ2v) is 9.12. The Bertz CT molecular complexity index is 1670. The third kappa shape index (κ3) is 4.32. The zero-order valence-corrected chi connectivity index (χ0v) is 19.8. The number of anilines is 1. The lowest BCUT2D eigenvalue weighted by Crippen LogP contribution is -2.26. The fourth-order valence-corrected chi connectivity index (χ4v) is 4.98. The molecule has 0 bridgehead atoms. The van der Waals surface area contributed by atoms with E-state index in [4.69, 9.17) is 0 Å². The van der Waals surface area contributed by atoms with Crippen molar-refractivity contribution < 1.29 is 4.92 Å². The smallest absolute Gasteiger partial charge is 0.287 e. The molecule has 1 aromatic carbocycles. The molecule has 37 heavy (non-hydrogen) atoms. The number of fused-ring (bicyclic) bond motifs is 2. The van der Waals surface area contributed by atoms with Gasteiger partial charge in [-0.1, -0.05) is 18.2 Å². The SMILES string of the molecule is N#Cc1cnc2cnc(NC3CCN(Cc4ccc([N+](=O)[O-])cn4)C3)cc2c1-c1c[nH]c2ccccc12. The number of para-hydroxylation sites is 1. The fraction of sp³-hybridized carbons (Fsp3) is 0.185. The van der Waals surface area contributed by atoms with Crippen LogP contribution in [-0.2, 0) is 6.54 Å². The molecule has 1 saturated heterocycles. The lowest BCUT2D eigenvalue weighted by molar-refractivity contribution is -0.385. The van der Waals surface area contributed by atoms with E-state index in [0.29, 0.717) is 12.1 Å². The van der Waals surface area contributed by atoms with Crippen LogP contribution in [0.3, 0.4) is 0 Å². The van der Waals surface area contributed by atoms with Gasteiger partial charge in [0.15, 0.2) is 0 Å². The fourth-order valence-electron chi connectivity index (χ4n) is 4.98. The Balaban J connectivity index is 1.25. The van der Waals surface area contributed by atoms with Crippen LogP contribution >= 0.6 is 0 Å². The van der Waals surface area contributed by atoms with Gasteiger partial charge in [0, 0.05) is 71.6 Å². The van der Waals surface area contributed by atoms with Gasteiger partial charge in [-0.3, -0.25) is 25.0 Å². The molecule has 5 heterocycles. The molecule has 5 aromatic rings. The van der Waals surface area contributed by atoms with Gasteiger partial charge in [0.1, 0.15) is 18.1 Å². The highest BCUT2D eigenvalue weighted by molar-refractivity contribution is 6.06. The van der Waals surface area contributed by atoms with Crippen molar-refractivity contribution in [1.29, 1.82) is 5.26 Å². The number of H-pyrrole nitrogens is 1. The lowest BCUT2D eigenvalue weighted by atomic mass is 9.97. The van der Waals surface area contributed by atoms with E-state index in [-0.39, 0.29) is 11.7 Å². The van der Waals surface area contributed by atoms with Gasteiger partial charge >= 0.3 is 0 Å². The summed E-state index contributed by atoms with van der Waals surface area (Å²) in [6.07, 6.45) is 7.52. The Morgan fingerprint density at radius 2 is 2.03 bits per heavy atom. The number of likely N-dealkylation sites (tertiary alicyclic amines) is 1. The van der Waals surface area contributed by atoms with Crippen LogP contribution in [0.2, 0.25) is 0 Å². The largest absolute Gasteiger partial charge is 0.366 e. The summed E-state index contributed by atoms with van der Waals surface area (Å²) in [5.41, 5.74) is 4.83. The summed E-state index contributed by atoms with van der Waals surface area (Å²) in [4.78, 5) is 29.3. The Morgan fingerprint density at radius 3 is 2.84 bits per heavy atom. The van der Waals surface area contributed by atoms with E-state index in [1.54, 1.807) is 18.5 Å². The maximum Gasteiger partial charge on any atom is 0.287 e. The first kappa shape index (κ1) is 22.6. The second-order valence-electron chi connectivity index (χ2n) is 9.12. The number of rotatable bonds is 6. The van der Waals surface area contributed by atoms with Crippen LogP contribution in [0.1, 0.15) is 17.7 Å². The molecule has 10 nitrogen and oxygen atoms in total. The van der Waals surface area contributed by atoms with Crippen molar-refractivity contribution in [1.82, 2.24) is 24.8 Å². The van der Waals surface area contributed by atoms with Crippen molar-refractivity contribution in [3.63, 3.8) is 0 Å². The van der Waals surface area contributed by atoms with Gasteiger partial charge in [0.05, 0.1) is 27.9 Å². The van der Waals surface area contributed by atoms with Crippen LogP contribution in [0.5, 0.6) is 0 Å². The molecule has 0 amide bonds. The van der Waals surface area contributed by atoms with E-state index >= 15 is 0 Å². The molecular formula is C27H22N8O2. The number of nitrogens with zero attached hydrogens (tertiary/aromatic N) is 6. The Morgan fingerprint density at radius 1 is 1.14 bits per heavy atom. The minimum atomic E-state index is -0.442. The highest BCUT2D eigenvalue weighted by Gasteiger charge is 2.24. The predicted octanol–water partition coefficient (Wildman–Crippen LogP) is 4.64. The molecule has 1 fully saturated rings. The van der Waals surface area contributed by atoms with Crippen molar-refractivity contribution in [2.75, 3.05) is 18.4 Å². The molecule has 1 unspecified atom stereocenters. The lowest BCUT2D eigenvalue weighted by Gasteiger charge is -2.17. The molecule has 0 saturated carbocycles. The molecule has 6 rings (SSSR count). The monoisotopic (exact) mass is 490 g/mol. The minimum absolute atomic E-state index is 0.00635. The third-order valence-corrected chi connectivity index (χ3v) is 6.76. The molecule has 182 valence electrons. The first-order chi connectivity index (χ1) is 18.1. The summed E-state index contributed by atoms with van der Waals surface area (Å²) >= 11 is 0. The van der Waals surface area contributed by atoms with Gasteiger partial charge in [-0.2, -0.15) is 5.26 Å². The Kier molecular flexibility index (Phi) is 5.67. The van der Waals surface area contributed by atoms with E-state index < -0.39 is 4.92 Å². The van der Waals surface area contributed by atoms with Crippen LogP contribution in [0.25, 0.3) is 32.9 Å². The topological polar surface area (TPSA) is 137 Å². The minimum Gasteiger partial charge on any atom is -0.366 e. The molecule has 0 aliphatic carbocycles. The first-order valence-corrected chi connectivity index (χ1v) is 11.9. The van der Waals surface area contributed by atoms with Gasteiger partial charge in [0.25, 0.3) is 5.69 Å². The highest BCUT2D eigenvalue weighted by Crippen LogP contribution is 2.36. The average Bonchev–Trinajstić information content (AvgIpc) is 3.55. The third-order valence-electron chi connectivity index (χ3n) is 6.76. The number of aromatic nitrogens is 4. The summed E-state index contributed by atoms with van der Waals surface area (Å²) in [7, 11) is 0. The van der Waals surface area contributed by atoms with Gasteiger partial charge in [-0.25, -0.2) is 4.98 Å². The van der Waals surface area contributed by atoms with E-state index in [1.165, 1.54) is 12.3 Å². The molecule has 1 aliphatic rings. The summed E-state index contributed by atoms with van der Waals surface area (Å²) < 4.78 is 0. The number of hydrogen-bond donors (Lipinski definition) is 2. The average molecular weight is 491 g/mol. The quantitative estimate of drug-likeness (QED) is 0.259. The van der Waals surface area contributed by atoms with Crippen LogP contribution in [0, 0.1) is 21.4 Å². The maximum absolute atomic E-state index is 10.9. The molecule has 2 N–H and O–H groups in total. The number of aromatic amines is 1. The van der Waals surface area contributed by atoms with Crippen molar-refractivity contribution >= 4 is 33.3 Å². The Labute approximate surface area is 211 Å². The van der Waals surface area contributed by atoms with E-state index in [0.717, 1.165) is 64.0 Å². The molecule has 1 aliphatic heterocycles. The van der Waals surface area contributed by atoms with Gasteiger partial charge < -0.3 is 10.3 Å². The van der Waals surface area contributed by atoms with Crippen LogP contribution < -0.4 is 5.32 Å². The van der Waals surface area contributed by atoms with Crippen molar-refractivity contribution in [3.05, 3.63) is 88.6 Å². The number of hydrogen-bond acceptors (Lipinski definition) is 8. The standard InChI is InChI=1S/C27H22N8O2/c28-10-17-11-30-25-14-32-26(9-22(25)27(17)23-13-31-24-4-2-1-3-21(23)24)33-19-7-8-34(16-19)15-18-5-6-20(12-29-18)35(36)37/h1-6,9,11-14,19,31H,7-8,15-16H2,(H,32,33). The van der Waals surface area contributed by atoms with Crippen molar-refractivity contribution in [2.24, 2.45) is 0 Å². The van der Waals surface area contributed by atoms with E-state index in [9.17, 15) is 15.4 Å². The van der Waals surface area contributed by atoms with Crippen LogP contribution in [-0.4, -0.2) is 48.9 Å². The zero-order chi connectivity index (χ0) is 25.4. The molecule has 10 heteroatoms. The molecule has 0 radical (unpaired) electrons. The number of pyridine rings is 3. The summed E-state index contributed by atoms with van der Waals surface area (Å²) in [6, 6.07) is 15.7. The summed E-state index contributed by atoms with van der Waals surface area (Å²) in [6.45, 7) is 2.30. The van der Waals surface area contributed by atoms with Crippen molar-refractivity contribution in [2.45, 2.75) is 19.0 Å². The number of nitro groups is 1. The second kappa shape index (κ2) is 9.29. The first-order valence-electron chi connectivity index (χ1n) is 11.9. The normalized spacial score (nSPS) is 15.7. The van der Waals surface area contributed by atoms with Crippen LogP contribution in [0.4, 0.5) is 11.5 Å². The predicted molar refractivity (Wildman–Crippen MR) is 140 cm³/mol. The molecule has 4 aromatic heterocycles. The summed E-state index contributed by atoms with van der Waals surface area (Å²) in [5.74, 6) is 0.728.